The van der Waals surface area contributed by atoms with Gasteiger partial charge in [-0.3, -0.25) is 4.79 Å². The molecule has 1 unspecified atom stereocenters. The van der Waals surface area contributed by atoms with Crippen LogP contribution in [0.1, 0.15) is 32.1 Å². The number of hydrogen-bond acceptors (Lipinski definition) is 4. The first-order valence-corrected chi connectivity index (χ1v) is 5.44. The fourth-order valence-corrected chi connectivity index (χ4v) is 1.96. The van der Waals surface area contributed by atoms with E-state index in [1.54, 1.807) is 0 Å². The summed E-state index contributed by atoms with van der Waals surface area (Å²) >= 11 is 0. The average molecular weight is 230 g/mol. The van der Waals surface area contributed by atoms with Crippen molar-refractivity contribution in [1.29, 1.82) is 0 Å². The summed E-state index contributed by atoms with van der Waals surface area (Å²) in [5, 5.41) is 20.4. The molecule has 0 heterocycles. The Bertz CT molecular complexity index is 274. The number of carboxylic acid groups (broad SMARTS) is 1. The van der Waals surface area contributed by atoms with Crippen LogP contribution in [0.15, 0.2) is 0 Å². The van der Waals surface area contributed by atoms with E-state index in [1.807, 2.05) is 0 Å². The fraction of sp³-hybridized carbons (Fsp3) is 0.800. The van der Waals surface area contributed by atoms with Gasteiger partial charge in [0.25, 0.3) is 0 Å². The minimum atomic E-state index is -1.19. The number of hydrogen-bond donors (Lipinski definition) is 4. The molecule has 0 aliphatic heterocycles. The van der Waals surface area contributed by atoms with Crippen molar-refractivity contribution in [3.63, 3.8) is 0 Å². The number of amides is 1. The Hall–Kier alpha value is -1.14. The van der Waals surface area contributed by atoms with Crippen molar-refractivity contribution in [2.45, 2.75) is 43.7 Å². The maximum Gasteiger partial charge on any atom is 0.329 e. The molecule has 0 aromatic rings. The Labute approximate surface area is 93.8 Å². The summed E-state index contributed by atoms with van der Waals surface area (Å²) < 4.78 is 0. The molecule has 0 saturated heterocycles. The highest BCUT2D eigenvalue weighted by Crippen LogP contribution is 2.28. The Morgan fingerprint density at radius 3 is 2.31 bits per heavy atom. The minimum absolute atomic E-state index is 0.423. The Balaban J connectivity index is 2.71. The molecule has 1 amide bonds. The van der Waals surface area contributed by atoms with Gasteiger partial charge in [-0.15, -0.1) is 0 Å². The predicted molar refractivity (Wildman–Crippen MR) is 56.7 cm³/mol. The van der Waals surface area contributed by atoms with Gasteiger partial charge < -0.3 is 21.3 Å². The van der Waals surface area contributed by atoms with Crippen LogP contribution in [-0.4, -0.2) is 40.3 Å². The van der Waals surface area contributed by atoms with Crippen LogP contribution in [0.2, 0.25) is 0 Å². The second-order valence-electron chi connectivity index (χ2n) is 4.23. The van der Waals surface area contributed by atoms with Gasteiger partial charge in [0.1, 0.15) is 11.6 Å². The predicted octanol–water partition coefficient (Wildman–Crippen LogP) is -0.790. The summed E-state index contributed by atoms with van der Waals surface area (Å²) in [4.78, 5) is 22.7. The summed E-state index contributed by atoms with van der Waals surface area (Å²) in [6.07, 6.45) is 3.39. The molecule has 16 heavy (non-hydrogen) atoms. The normalized spacial score (nSPS) is 21.1. The average Bonchev–Trinajstić information content (AvgIpc) is 2.28. The smallest absolute Gasteiger partial charge is 0.329 e. The van der Waals surface area contributed by atoms with Crippen LogP contribution in [0, 0.1) is 0 Å². The van der Waals surface area contributed by atoms with E-state index in [-0.39, 0.29) is 0 Å². The summed E-state index contributed by atoms with van der Waals surface area (Å²) in [6.45, 7) is -0.485. The van der Waals surface area contributed by atoms with Gasteiger partial charge in [-0.2, -0.15) is 0 Å². The molecule has 1 rings (SSSR count). The van der Waals surface area contributed by atoms with Crippen molar-refractivity contribution in [3.05, 3.63) is 0 Å². The van der Waals surface area contributed by atoms with Crippen LogP contribution in [0.5, 0.6) is 0 Å². The molecular weight excluding hydrogens is 212 g/mol. The minimum Gasteiger partial charge on any atom is -0.480 e. The number of carboxylic acids is 1. The van der Waals surface area contributed by atoms with Crippen LogP contribution in [-0.2, 0) is 9.59 Å². The van der Waals surface area contributed by atoms with Crippen molar-refractivity contribution in [2.75, 3.05) is 6.61 Å². The lowest BCUT2D eigenvalue weighted by atomic mass is 9.81. The zero-order valence-electron chi connectivity index (χ0n) is 9.11. The van der Waals surface area contributed by atoms with Gasteiger partial charge in [0.05, 0.1) is 6.61 Å². The van der Waals surface area contributed by atoms with E-state index in [9.17, 15) is 14.7 Å². The van der Waals surface area contributed by atoms with Crippen LogP contribution in [0.25, 0.3) is 0 Å². The third-order valence-corrected chi connectivity index (χ3v) is 3.01. The SMILES string of the molecule is NC(CO)C(=O)NC1(C(=O)O)CCCCC1. The number of nitrogens with one attached hydrogen (secondary N) is 1. The molecule has 1 aliphatic carbocycles. The molecule has 6 heteroatoms. The third kappa shape index (κ3) is 2.70. The number of rotatable bonds is 4. The molecule has 0 aromatic heterocycles. The molecule has 0 bridgehead atoms. The van der Waals surface area contributed by atoms with Gasteiger partial charge in [0.15, 0.2) is 0 Å². The fourth-order valence-electron chi connectivity index (χ4n) is 1.96. The first-order valence-electron chi connectivity index (χ1n) is 5.44. The molecular formula is C10H18N2O4. The lowest BCUT2D eigenvalue weighted by Gasteiger charge is -2.34. The number of aliphatic hydroxyl groups excluding tert-OH is 1. The van der Waals surface area contributed by atoms with E-state index in [1.165, 1.54) is 0 Å². The summed E-state index contributed by atoms with van der Waals surface area (Å²) in [6, 6.07) is -1.06. The lowest BCUT2D eigenvalue weighted by molar-refractivity contribution is -0.149. The number of nitrogens with two attached hydrogens (primary N) is 1. The second kappa shape index (κ2) is 5.27. The van der Waals surface area contributed by atoms with Gasteiger partial charge in [-0.05, 0) is 12.8 Å². The monoisotopic (exact) mass is 230 g/mol. The highest BCUT2D eigenvalue weighted by atomic mass is 16.4. The summed E-state index contributed by atoms with van der Waals surface area (Å²) in [5.74, 6) is -1.63. The van der Waals surface area contributed by atoms with Crippen molar-refractivity contribution >= 4 is 11.9 Å². The van der Waals surface area contributed by atoms with Crippen molar-refractivity contribution in [1.82, 2.24) is 5.32 Å². The molecule has 0 aromatic carbocycles. The second-order valence-corrected chi connectivity index (χ2v) is 4.23. The van der Waals surface area contributed by atoms with Gasteiger partial charge in [0, 0.05) is 0 Å². The zero-order valence-corrected chi connectivity index (χ0v) is 9.11. The van der Waals surface area contributed by atoms with Crippen LogP contribution in [0.4, 0.5) is 0 Å². The number of aliphatic carboxylic acids is 1. The van der Waals surface area contributed by atoms with E-state index in [4.69, 9.17) is 10.8 Å². The molecule has 1 atom stereocenters. The molecule has 6 nitrogen and oxygen atoms in total. The largest absolute Gasteiger partial charge is 0.480 e. The first kappa shape index (κ1) is 12.9. The van der Waals surface area contributed by atoms with Crippen LogP contribution >= 0.6 is 0 Å². The topological polar surface area (TPSA) is 113 Å². The van der Waals surface area contributed by atoms with E-state index in [0.717, 1.165) is 19.3 Å². The van der Waals surface area contributed by atoms with E-state index >= 15 is 0 Å². The maximum absolute atomic E-state index is 11.5. The van der Waals surface area contributed by atoms with Gasteiger partial charge in [0.2, 0.25) is 5.91 Å². The van der Waals surface area contributed by atoms with E-state index in [0.29, 0.717) is 12.8 Å². The van der Waals surface area contributed by atoms with Crippen molar-refractivity contribution in [2.24, 2.45) is 5.73 Å². The van der Waals surface area contributed by atoms with Crippen LogP contribution in [0.3, 0.4) is 0 Å². The molecule has 5 N–H and O–H groups in total. The third-order valence-electron chi connectivity index (χ3n) is 3.01. The van der Waals surface area contributed by atoms with E-state index < -0.39 is 30.1 Å². The summed E-state index contributed by atoms with van der Waals surface area (Å²) in [7, 11) is 0. The van der Waals surface area contributed by atoms with Crippen molar-refractivity contribution in [3.8, 4) is 0 Å². The van der Waals surface area contributed by atoms with Crippen LogP contribution < -0.4 is 11.1 Å². The highest BCUT2D eigenvalue weighted by molar-refractivity contribution is 5.89. The summed E-state index contributed by atoms with van der Waals surface area (Å²) in [5.41, 5.74) is 4.15. The molecule has 0 spiro atoms. The number of carbonyl (C=O) groups excluding carboxylic acids is 1. The zero-order chi connectivity index (χ0) is 12.2. The van der Waals surface area contributed by atoms with Gasteiger partial charge in [-0.25, -0.2) is 4.79 Å². The van der Waals surface area contributed by atoms with Gasteiger partial charge in [-0.1, -0.05) is 19.3 Å². The number of carbonyl (C=O) groups is 2. The standard InChI is InChI=1S/C10H18N2O4/c11-7(6-13)8(14)12-10(9(15)16)4-2-1-3-5-10/h7,13H,1-6,11H2,(H,12,14)(H,15,16). The first-order chi connectivity index (χ1) is 7.52. The molecule has 0 radical (unpaired) electrons. The van der Waals surface area contributed by atoms with E-state index in [2.05, 4.69) is 5.32 Å². The molecule has 92 valence electrons. The maximum atomic E-state index is 11.5. The van der Waals surface area contributed by atoms with Crippen molar-refractivity contribution < 1.29 is 19.8 Å². The Morgan fingerprint density at radius 2 is 1.88 bits per heavy atom. The quantitative estimate of drug-likeness (QED) is 0.505. The Morgan fingerprint density at radius 1 is 1.31 bits per heavy atom. The molecule has 1 aliphatic rings. The lowest BCUT2D eigenvalue weighted by Crippen LogP contribution is -2.59. The molecule has 1 fully saturated rings. The van der Waals surface area contributed by atoms with Gasteiger partial charge >= 0.3 is 5.97 Å². The highest BCUT2D eigenvalue weighted by Gasteiger charge is 2.41. The number of aliphatic hydroxyl groups is 1. The molecule has 1 saturated carbocycles. The Kier molecular flexibility index (Phi) is 4.26.